The molecule has 0 saturated carbocycles. The monoisotopic (exact) mass is 485 g/mol. The van der Waals surface area contributed by atoms with E-state index >= 15 is 0 Å². The molecule has 31 heavy (non-hydrogen) atoms. The van der Waals surface area contributed by atoms with Crippen LogP contribution in [0.3, 0.4) is 0 Å². The topological polar surface area (TPSA) is 110 Å². The third kappa shape index (κ3) is 4.53. The largest absolute Gasteiger partial charge is 0.352 e. The molecule has 4 aromatic rings. The second-order valence-corrected chi connectivity index (χ2v) is 8.16. The van der Waals surface area contributed by atoms with Gasteiger partial charge in [0.15, 0.2) is 15.9 Å². The van der Waals surface area contributed by atoms with Gasteiger partial charge in [-0.05, 0) is 27.9 Å². The Kier molecular flexibility index (Phi) is 6.45. The number of carbonyl (C=O) groups is 1. The van der Waals surface area contributed by atoms with E-state index in [0.717, 1.165) is 24.8 Å². The first-order valence-electron chi connectivity index (χ1n) is 10.4. The standard InChI is InChI=1S/C21H24BrN7O2/c1-2-3-7-12-28-18-17(24-20(22)25-18)19(31)29-15(26-27-21(28)29)10-11-16(30)23-13-14-8-5-4-6-9-14/h4-6,8-9H,2-3,7,10-13H2,1H3,(H,23,30)(H,24,25). The number of aromatic nitrogens is 6. The Balaban J connectivity index is 1.57. The number of carbonyl (C=O) groups excluding carboxylic acids is 1. The van der Waals surface area contributed by atoms with Crippen LogP contribution in [0.25, 0.3) is 16.9 Å². The molecule has 0 spiro atoms. The minimum absolute atomic E-state index is 0.103. The van der Waals surface area contributed by atoms with E-state index in [1.807, 2.05) is 34.9 Å². The molecule has 0 fully saturated rings. The van der Waals surface area contributed by atoms with Crippen molar-refractivity contribution in [1.82, 2.24) is 34.4 Å². The molecule has 0 bridgehead atoms. The van der Waals surface area contributed by atoms with E-state index in [9.17, 15) is 9.59 Å². The lowest BCUT2D eigenvalue weighted by Gasteiger charge is -2.09. The lowest BCUT2D eigenvalue weighted by atomic mass is 10.2. The highest BCUT2D eigenvalue weighted by Crippen LogP contribution is 2.17. The van der Waals surface area contributed by atoms with Gasteiger partial charge in [0.25, 0.3) is 5.56 Å². The zero-order chi connectivity index (χ0) is 21.8. The molecule has 4 rings (SSSR count). The van der Waals surface area contributed by atoms with Crippen LogP contribution in [0.1, 0.15) is 44.0 Å². The number of nitrogens with zero attached hydrogens (tertiary/aromatic N) is 5. The molecule has 162 valence electrons. The van der Waals surface area contributed by atoms with Crippen molar-refractivity contribution in [2.24, 2.45) is 0 Å². The van der Waals surface area contributed by atoms with Gasteiger partial charge in [-0.15, -0.1) is 10.2 Å². The van der Waals surface area contributed by atoms with E-state index in [2.05, 4.69) is 48.3 Å². The molecular formula is C21H24BrN7O2. The summed E-state index contributed by atoms with van der Waals surface area (Å²) in [5.41, 5.74) is 1.72. The van der Waals surface area contributed by atoms with E-state index in [1.54, 1.807) is 0 Å². The summed E-state index contributed by atoms with van der Waals surface area (Å²) >= 11 is 3.32. The summed E-state index contributed by atoms with van der Waals surface area (Å²) in [6.45, 7) is 3.29. The Labute approximate surface area is 187 Å². The van der Waals surface area contributed by atoms with E-state index < -0.39 is 0 Å². The summed E-state index contributed by atoms with van der Waals surface area (Å²) in [4.78, 5) is 32.8. The Morgan fingerprint density at radius 3 is 2.77 bits per heavy atom. The van der Waals surface area contributed by atoms with Crippen molar-refractivity contribution in [2.75, 3.05) is 0 Å². The van der Waals surface area contributed by atoms with Crippen molar-refractivity contribution in [2.45, 2.75) is 52.1 Å². The molecule has 0 atom stereocenters. The second-order valence-electron chi connectivity index (χ2n) is 7.40. The second kappa shape index (κ2) is 9.42. The summed E-state index contributed by atoms with van der Waals surface area (Å²) < 4.78 is 3.90. The minimum atomic E-state index is -0.264. The molecule has 0 aliphatic heterocycles. The molecule has 3 aromatic heterocycles. The Morgan fingerprint density at radius 1 is 1.19 bits per heavy atom. The van der Waals surface area contributed by atoms with Gasteiger partial charge in [-0.25, -0.2) is 9.38 Å². The zero-order valence-electron chi connectivity index (χ0n) is 17.3. The summed E-state index contributed by atoms with van der Waals surface area (Å²) in [7, 11) is 0. The van der Waals surface area contributed by atoms with Crippen LogP contribution in [0.2, 0.25) is 0 Å². The predicted octanol–water partition coefficient (Wildman–Crippen LogP) is 2.97. The number of halogens is 1. The van der Waals surface area contributed by atoms with Gasteiger partial charge in [0, 0.05) is 25.9 Å². The first-order chi connectivity index (χ1) is 15.1. The van der Waals surface area contributed by atoms with Gasteiger partial charge in [0.1, 0.15) is 5.82 Å². The predicted molar refractivity (Wildman–Crippen MR) is 121 cm³/mol. The number of imidazole rings is 1. The number of hydrogen-bond acceptors (Lipinski definition) is 5. The third-order valence-corrected chi connectivity index (χ3v) is 5.55. The van der Waals surface area contributed by atoms with Gasteiger partial charge >= 0.3 is 0 Å². The SMILES string of the molecule is CCCCCn1c2nc(Br)[nH]c2c(=O)n2c(CCC(=O)NCc3ccccc3)nnc12. The van der Waals surface area contributed by atoms with Gasteiger partial charge in [-0.1, -0.05) is 50.1 Å². The molecule has 2 N–H and O–H groups in total. The van der Waals surface area contributed by atoms with Gasteiger partial charge in [0.05, 0.1) is 0 Å². The number of unbranched alkanes of at least 4 members (excludes halogenated alkanes) is 2. The fourth-order valence-electron chi connectivity index (χ4n) is 3.57. The summed E-state index contributed by atoms with van der Waals surface area (Å²) in [5.74, 6) is 0.813. The van der Waals surface area contributed by atoms with Crippen molar-refractivity contribution in [3.8, 4) is 0 Å². The van der Waals surface area contributed by atoms with Crippen LogP contribution in [0.5, 0.6) is 0 Å². The van der Waals surface area contributed by atoms with Crippen molar-refractivity contribution in [3.05, 3.63) is 56.8 Å². The maximum atomic E-state index is 13.1. The number of benzene rings is 1. The fourth-order valence-corrected chi connectivity index (χ4v) is 3.94. The average molecular weight is 486 g/mol. The lowest BCUT2D eigenvalue weighted by Crippen LogP contribution is -2.24. The van der Waals surface area contributed by atoms with Crippen molar-refractivity contribution >= 4 is 38.8 Å². The number of hydrogen-bond donors (Lipinski definition) is 2. The summed E-state index contributed by atoms with van der Waals surface area (Å²) in [6.07, 6.45) is 3.62. The number of H-pyrrole nitrogens is 1. The van der Waals surface area contributed by atoms with Crippen LogP contribution >= 0.6 is 15.9 Å². The van der Waals surface area contributed by atoms with Gasteiger partial charge < -0.3 is 10.3 Å². The number of nitrogens with one attached hydrogen (secondary N) is 2. The Morgan fingerprint density at radius 2 is 2.00 bits per heavy atom. The van der Waals surface area contributed by atoms with E-state index in [0.29, 0.717) is 47.0 Å². The zero-order valence-corrected chi connectivity index (χ0v) is 18.9. The minimum Gasteiger partial charge on any atom is -0.352 e. The van der Waals surface area contributed by atoms with Crippen LogP contribution in [0.4, 0.5) is 0 Å². The normalized spacial score (nSPS) is 11.4. The molecule has 10 heteroatoms. The van der Waals surface area contributed by atoms with Crippen LogP contribution in [-0.4, -0.2) is 35.0 Å². The number of amides is 1. The highest BCUT2D eigenvalue weighted by molar-refractivity contribution is 9.10. The highest BCUT2D eigenvalue weighted by atomic mass is 79.9. The number of rotatable bonds is 9. The Bertz CT molecular complexity index is 1260. The molecule has 0 aliphatic rings. The van der Waals surface area contributed by atoms with Crippen LogP contribution in [0.15, 0.2) is 39.9 Å². The van der Waals surface area contributed by atoms with Crippen LogP contribution < -0.4 is 10.9 Å². The Hall–Kier alpha value is -3.01. The first kappa shape index (κ1) is 21.2. The lowest BCUT2D eigenvalue weighted by molar-refractivity contribution is -0.121. The molecule has 1 amide bonds. The van der Waals surface area contributed by atoms with Crippen LogP contribution in [-0.2, 0) is 24.3 Å². The number of aryl methyl sites for hydroxylation is 2. The molecule has 0 saturated heterocycles. The molecule has 1 aromatic carbocycles. The smallest absolute Gasteiger partial charge is 0.286 e. The maximum absolute atomic E-state index is 13.1. The molecule has 3 heterocycles. The molecular weight excluding hydrogens is 462 g/mol. The van der Waals surface area contributed by atoms with Gasteiger partial charge in [-0.2, -0.15) is 0 Å². The molecule has 9 nitrogen and oxygen atoms in total. The van der Waals surface area contributed by atoms with Crippen LogP contribution in [0, 0.1) is 0 Å². The maximum Gasteiger partial charge on any atom is 0.286 e. The quantitative estimate of drug-likeness (QED) is 0.279. The molecule has 0 aliphatic carbocycles. The van der Waals surface area contributed by atoms with E-state index in [1.165, 1.54) is 4.40 Å². The number of aromatic amines is 1. The summed E-state index contributed by atoms with van der Waals surface area (Å²) in [5, 5.41) is 11.4. The van der Waals surface area contributed by atoms with Crippen molar-refractivity contribution < 1.29 is 4.79 Å². The highest BCUT2D eigenvalue weighted by Gasteiger charge is 2.19. The van der Waals surface area contributed by atoms with Crippen molar-refractivity contribution in [3.63, 3.8) is 0 Å². The summed E-state index contributed by atoms with van der Waals surface area (Å²) in [6, 6.07) is 9.72. The molecule has 0 unspecified atom stereocenters. The van der Waals surface area contributed by atoms with E-state index in [-0.39, 0.29) is 17.9 Å². The van der Waals surface area contributed by atoms with Gasteiger partial charge in [-0.3, -0.25) is 14.2 Å². The van der Waals surface area contributed by atoms with Gasteiger partial charge in [0.2, 0.25) is 11.7 Å². The fraction of sp³-hybridized carbons (Fsp3) is 0.381. The molecule has 0 radical (unpaired) electrons. The van der Waals surface area contributed by atoms with E-state index in [4.69, 9.17) is 0 Å². The number of fused-ring (bicyclic) bond motifs is 2. The average Bonchev–Trinajstić information content (AvgIpc) is 3.38. The van der Waals surface area contributed by atoms with Crippen molar-refractivity contribution in [1.29, 1.82) is 0 Å². The first-order valence-corrected chi connectivity index (χ1v) is 11.2. The third-order valence-electron chi connectivity index (χ3n) is 5.18.